The van der Waals surface area contributed by atoms with Crippen molar-refractivity contribution in [2.45, 2.75) is 152 Å². The number of alkyl halides is 1. The van der Waals surface area contributed by atoms with Crippen LogP contribution >= 0.6 is 105 Å². The maximum Gasteiger partial charge on any atom is 0.240 e. The lowest BCUT2D eigenvalue weighted by atomic mass is 10.0. The number of amides is 3. The van der Waals surface area contributed by atoms with Gasteiger partial charge in [0.2, 0.25) is 17.7 Å². The van der Waals surface area contributed by atoms with Crippen LogP contribution in [0.4, 0.5) is 0 Å². The summed E-state index contributed by atoms with van der Waals surface area (Å²) in [6, 6.07) is 12.7. The Morgan fingerprint density at radius 1 is 0.565 bits per heavy atom. The number of carbonyl (C=O) groups is 6. The van der Waals surface area contributed by atoms with Gasteiger partial charge in [0.15, 0.2) is 25.1 Å². The number of nitrogens with two attached hydrogens (primary N) is 2. The van der Waals surface area contributed by atoms with Crippen LogP contribution in [0.25, 0.3) is 20.9 Å². The van der Waals surface area contributed by atoms with Gasteiger partial charge in [-0.2, -0.15) is 0 Å². The maximum atomic E-state index is 12.7. The van der Waals surface area contributed by atoms with Crippen molar-refractivity contribution in [1.29, 1.82) is 0 Å². The summed E-state index contributed by atoms with van der Waals surface area (Å²) in [5.41, 5.74) is 21.6. The number of hydrogen-bond acceptors (Lipinski definition) is 29. The molecule has 115 heavy (non-hydrogen) atoms. The first-order chi connectivity index (χ1) is 54.8. The summed E-state index contributed by atoms with van der Waals surface area (Å²) in [6.07, 6.45) is 13.2. The lowest BCUT2D eigenvalue weighted by Crippen LogP contribution is -2.46. The minimum atomic E-state index is -0.519. The van der Waals surface area contributed by atoms with Gasteiger partial charge in [0.05, 0.1) is 121 Å². The molecule has 14 rings (SSSR count). The van der Waals surface area contributed by atoms with Crippen LogP contribution in [0.5, 0.6) is 34.5 Å². The molecule has 0 spiro atoms. The molecule has 0 saturated carbocycles. The number of carbonyl (C=O) groups excluding carboxylic acids is 6. The van der Waals surface area contributed by atoms with Crippen molar-refractivity contribution in [3.8, 4) is 55.4 Å². The summed E-state index contributed by atoms with van der Waals surface area (Å²) in [5.74, 6) is 4.41. The van der Waals surface area contributed by atoms with Crippen LogP contribution in [0, 0.1) is 53.4 Å². The van der Waals surface area contributed by atoms with Crippen LogP contribution in [0.15, 0.2) is 104 Å². The Morgan fingerprint density at radius 3 is 1.48 bits per heavy atom. The number of primary amides is 2. The first-order valence-electron chi connectivity index (χ1n) is 35.8. The molecule has 36 heteroatoms. The van der Waals surface area contributed by atoms with Gasteiger partial charge in [-0.05, 0) is 184 Å². The van der Waals surface area contributed by atoms with Gasteiger partial charge in [0.25, 0.3) is 0 Å². The summed E-state index contributed by atoms with van der Waals surface area (Å²) in [6.45, 7) is 23.4. The lowest BCUT2D eigenvalue weighted by molar-refractivity contribution is -0.137. The number of aromatic nitrogens is 10. The molecule has 2 fully saturated rings. The molecular formula is C79H92Br3ClN14O14S4. The fourth-order valence-electron chi connectivity index (χ4n) is 11.0. The average molecular weight is 1870 g/mol. The number of thiazole rings is 4. The lowest BCUT2D eigenvalue weighted by Gasteiger charge is -2.23. The molecule has 6 N–H and O–H groups in total. The largest absolute Gasteiger partial charge is 0.505 e. The highest BCUT2D eigenvalue weighted by atomic mass is 79.9. The number of nitrogens with zero attached hydrogens (tertiary/aromatic N) is 11. The highest BCUT2D eigenvalue weighted by Crippen LogP contribution is 2.43. The number of hydrogen-bond donors (Lipinski definition) is 4. The first kappa shape index (κ1) is 93.4. The van der Waals surface area contributed by atoms with Gasteiger partial charge in [0.1, 0.15) is 86.2 Å². The fraction of sp³-hybridized carbons (Fsp3) is 0.392. The highest BCUT2D eigenvalue weighted by Gasteiger charge is 2.39. The van der Waals surface area contributed by atoms with Crippen molar-refractivity contribution in [2.24, 2.45) is 23.3 Å². The number of ether oxygens (including phenoxy) is 7. The number of Topliss-reactive ketones (excluding diaryl/α,β-unsaturated/α-hetero) is 3. The van der Waals surface area contributed by atoms with Crippen LogP contribution in [0.2, 0.25) is 0 Å². The molecule has 2 saturated heterocycles. The van der Waals surface area contributed by atoms with Gasteiger partial charge in [-0.15, -0.1) is 56.9 Å². The van der Waals surface area contributed by atoms with Crippen molar-refractivity contribution >= 4 is 140 Å². The molecule has 10 aromatic heterocycles. The van der Waals surface area contributed by atoms with E-state index in [9.17, 15) is 28.8 Å². The van der Waals surface area contributed by atoms with Crippen molar-refractivity contribution in [3.05, 3.63) is 181 Å². The standard InChI is InChI=1S/C18H20N4O3S.C13H13BrN2O2S.C13H12N2O2S.C8H10BrNO2.C8H11NO2.C7H8ClNOS.C6H6BrNO.C6H12N2O/c1-9-3-4-22(16(9)18(19)24)15(23)6-14-21-12-8-25-13-7-20-10(2)5-11(13)17(12)26-14;1-8-3-11(14)12(5-15-8)18-6-10-7-19-13(16-10)4-9(2)17;1-7-3-9-11(5-14-7)17-6-10-13(9)18-12(15-10)4-8(2)16;1-6-3-7(9)8(4-10-6)12-5-11-2;1-7-3-4-8(5-9-7)11-6-10-2;1-5(10)2-7-9-6(3-8)4-11-7;1-4-2-5(7)6(9)3-8-4;1-4-2-3-8-5(4)6(7)9/h5,7,9,16H,3-4,6,8H2,1-2H3,(H2,19,24);3,5,7H,4,6H2,1-2H3;3,5H,4,6H2,1-2H3;3-4H,5H2,1-2H3;3-5H,6H2,1-2H3;4H,2-3H2,1H3;2-3,9H,1H3;4-5,8H,2-3H2,1H3,(H2,7,9)/t9-,16+;;;;;;;4-,5+/m1......1/s1. The molecule has 3 amide bonds. The topological polar surface area (TPSA) is 383 Å². The zero-order valence-corrected chi connectivity index (χ0v) is 74.6. The van der Waals surface area contributed by atoms with Gasteiger partial charge in [-0.3, -0.25) is 58.7 Å². The van der Waals surface area contributed by atoms with E-state index in [0.717, 1.165) is 143 Å². The number of methoxy groups -OCH3 is 2. The Balaban J connectivity index is 0.000000187. The van der Waals surface area contributed by atoms with Crippen molar-refractivity contribution < 1.29 is 67.0 Å². The van der Waals surface area contributed by atoms with Crippen molar-refractivity contribution in [3.63, 3.8) is 0 Å². The molecule has 0 aromatic carbocycles. The SMILES string of the molecule is CC(=O)Cc1nc(CCl)cs1.CC(=O)Cc1nc(COc2cnc(C)cc2Br)cs1.CC(=O)Cc1nc2c(s1)-c1cc(C)ncc1OC2.COCOc1ccc(C)nc1.COCOc1cnc(C)cc1Br.C[C@@H]1CCN[C@@H]1C(N)=O.Cc1cc(Br)c(O)cn1.Cc1cc2c(cn1)OCc1nc(CC(=O)N3CC[C@@H](C)[C@H]3C(N)=O)sc1-2. The minimum Gasteiger partial charge on any atom is -0.505 e. The monoisotopic (exact) mass is 1860 g/mol. The molecule has 0 bridgehead atoms. The molecular weight excluding hydrogens is 1770 g/mol. The van der Waals surface area contributed by atoms with Crippen LogP contribution < -0.4 is 40.5 Å². The summed E-state index contributed by atoms with van der Waals surface area (Å²) in [5, 5.41) is 19.0. The van der Waals surface area contributed by atoms with Crippen LogP contribution in [-0.4, -0.2) is 148 Å². The number of ketones is 3. The van der Waals surface area contributed by atoms with E-state index in [1.54, 1.807) is 88.3 Å². The van der Waals surface area contributed by atoms with E-state index in [-0.39, 0.29) is 66.9 Å². The van der Waals surface area contributed by atoms with E-state index < -0.39 is 11.9 Å². The van der Waals surface area contributed by atoms with Gasteiger partial charge >= 0.3 is 0 Å². The average Bonchev–Trinajstić information content (AvgIpc) is 1.67. The van der Waals surface area contributed by atoms with Crippen molar-refractivity contribution in [2.75, 3.05) is 40.9 Å². The zero-order chi connectivity index (χ0) is 84.0. The Hall–Kier alpha value is -8.75. The smallest absolute Gasteiger partial charge is 0.240 e. The third-order valence-electron chi connectivity index (χ3n) is 16.5. The molecule has 10 aromatic rings. The molecule has 0 unspecified atom stereocenters. The number of aryl methyl sites for hydroxylation is 6. The third kappa shape index (κ3) is 30.4. The molecule has 28 nitrogen and oxygen atoms in total. The normalized spacial score (nSPS) is 14.8. The van der Waals surface area contributed by atoms with Gasteiger partial charge < -0.3 is 59.9 Å². The molecule has 14 heterocycles. The van der Waals surface area contributed by atoms with E-state index in [4.69, 9.17) is 61.3 Å². The van der Waals surface area contributed by atoms with E-state index in [1.165, 1.54) is 40.2 Å². The highest BCUT2D eigenvalue weighted by molar-refractivity contribution is 9.11. The van der Waals surface area contributed by atoms with E-state index in [0.29, 0.717) is 73.4 Å². The summed E-state index contributed by atoms with van der Waals surface area (Å²) in [7, 11) is 3.16. The number of aromatic hydroxyl groups is 1. The molecule has 0 aliphatic carbocycles. The number of likely N-dealkylation sites (tertiary alicyclic amines) is 1. The second kappa shape index (κ2) is 46.9. The quantitative estimate of drug-likeness (QED) is 0.0407. The van der Waals surface area contributed by atoms with Crippen LogP contribution in [-0.2, 0) is 89.6 Å². The predicted octanol–water partition coefficient (Wildman–Crippen LogP) is 14.4. The summed E-state index contributed by atoms with van der Waals surface area (Å²) < 4.78 is 39.3. The summed E-state index contributed by atoms with van der Waals surface area (Å²) >= 11 is 21.5. The van der Waals surface area contributed by atoms with E-state index in [1.807, 2.05) is 103 Å². The Kier molecular flexibility index (Phi) is 38.1. The maximum absolute atomic E-state index is 12.7. The first-order valence-corrected chi connectivity index (χ1v) is 42.2. The fourth-order valence-corrected chi connectivity index (χ4v) is 16.7. The van der Waals surface area contributed by atoms with E-state index >= 15 is 0 Å². The van der Waals surface area contributed by atoms with Crippen LogP contribution in [0.1, 0.15) is 124 Å². The van der Waals surface area contributed by atoms with E-state index in [2.05, 4.69) is 103 Å². The molecule has 4 aliphatic rings. The zero-order valence-electron chi connectivity index (χ0n) is 65.8. The number of halogens is 4. The van der Waals surface area contributed by atoms with Gasteiger partial charge in [0, 0.05) is 76.8 Å². The Morgan fingerprint density at radius 2 is 1.03 bits per heavy atom. The Labute approximate surface area is 714 Å². The molecule has 614 valence electrons. The predicted molar refractivity (Wildman–Crippen MR) is 453 cm³/mol. The molecule has 4 atom stereocenters. The van der Waals surface area contributed by atoms with Crippen LogP contribution in [0.3, 0.4) is 0 Å². The number of fused-ring (bicyclic) bond motifs is 6. The number of nitrogens with one attached hydrogen (secondary N) is 1. The summed E-state index contributed by atoms with van der Waals surface area (Å²) in [4.78, 5) is 114. The Bertz CT molecular complexity index is 4920. The number of rotatable bonds is 20. The second-order valence-corrected chi connectivity index (χ2v) is 33.4. The second-order valence-electron chi connectivity index (χ2n) is 26.5. The van der Waals surface area contributed by atoms with Crippen molar-refractivity contribution in [1.82, 2.24) is 60.1 Å². The number of pyridine rings is 6. The van der Waals surface area contributed by atoms with Gasteiger partial charge in [-0.25, -0.2) is 19.9 Å². The minimum absolute atomic E-state index is 0.0787. The molecule has 0 radical (unpaired) electrons. The molecule has 4 aliphatic heterocycles. The third-order valence-corrected chi connectivity index (χ3v) is 22.7. The van der Waals surface area contributed by atoms with Gasteiger partial charge in [-0.1, -0.05) is 13.8 Å².